The predicted molar refractivity (Wildman–Crippen MR) is 76.5 cm³/mol. The van der Waals surface area contributed by atoms with E-state index in [9.17, 15) is 4.79 Å². The van der Waals surface area contributed by atoms with Crippen molar-refractivity contribution in [2.45, 2.75) is 13.0 Å². The van der Waals surface area contributed by atoms with Crippen molar-refractivity contribution in [2.75, 3.05) is 33.7 Å². The third-order valence-corrected chi connectivity index (χ3v) is 3.04. The van der Waals surface area contributed by atoms with E-state index in [2.05, 4.69) is 24.3 Å². The highest BCUT2D eigenvalue weighted by Gasteiger charge is 2.07. The molecule has 1 heterocycles. The quantitative estimate of drug-likeness (QED) is 0.761. The lowest BCUT2D eigenvalue weighted by Crippen LogP contribution is -2.27. The molecule has 1 aromatic heterocycles. The lowest BCUT2D eigenvalue weighted by atomic mass is 10.3. The van der Waals surface area contributed by atoms with E-state index in [1.54, 1.807) is 4.57 Å². The van der Waals surface area contributed by atoms with Crippen molar-refractivity contribution in [3.63, 3.8) is 0 Å². The maximum absolute atomic E-state index is 11.7. The molecule has 0 aliphatic carbocycles. The number of oxazole rings is 1. The third kappa shape index (κ3) is 3.68. The average Bonchev–Trinajstić information content (AvgIpc) is 2.69. The molecule has 0 spiro atoms. The number of fused-ring (bicyclic) bond motifs is 1. The molecule has 0 aliphatic rings. The lowest BCUT2D eigenvalue weighted by molar-refractivity contribution is 0.392. The number of hydrogen-bond acceptors (Lipinski definition) is 4. The summed E-state index contributed by atoms with van der Waals surface area (Å²) in [4.78, 5) is 13.9. The number of aromatic nitrogens is 1. The van der Waals surface area contributed by atoms with Crippen LogP contribution in [0, 0.1) is 0 Å². The van der Waals surface area contributed by atoms with Gasteiger partial charge in [-0.3, -0.25) is 4.57 Å². The third-order valence-electron chi connectivity index (χ3n) is 3.04. The number of benzene rings is 1. The van der Waals surface area contributed by atoms with Crippen molar-refractivity contribution in [1.82, 2.24) is 14.8 Å². The van der Waals surface area contributed by atoms with Crippen molar-refractivity contribution in [1.29, 1.82) is 0 Å². The Morgan fingerprint density at radius 2 is 2.05 bits per heavy atom. The minimum atomic E-state index is -0.281. The Bertz CT molecular complexity index is 571. The Kier molecular flexibility index (Phi) is 4.76. The minimum absolute atomic E-state index is 0.281. The highest BCUT2D eigenvalue weighted by molar-refractivity contribution is 5.72. The molecule has 1 N–H and O–H groups in total. The van der Waals surface area contributed by atoms with E-state index in [0.717, 1.165) is 31.6 Å². The smallest absolute Gasteiger partial charge is 0.408 e. The summed E-state index contributed by atoms with van der Waals surface area (Å²) < 4.78 is 6.86. The van der Waals surface area contributed by atoms with E-state index < -0.39 is 0 Å². The SMILES string of the molecule is CN(C)CCCNCCn1c(=O)oc2ccccc21. The predicted octanol–water partition coefficient (Wildman–Crippen LogP) is 1.14. The van der Waals surface area contributed by atoms with Crippen LogP contribution in [0.1, 0.15) is 6.42 Å². The largest absolute Gasteiger partial charge is 0.419 e. The summed E-state index contributed by atoms with van der Waals surface area (Å²) in [7, 11) is 4.13. The Morgan fingerprint density at radius 1 is 1.26 bits per heavy atom. The zero-order valence-corrected chi connectivity index (χ0v) is 11.6. The molecule has 2 rings (SSSR count). The van der Waals surface area contributed by atoms with Gasteiger partial charge in [-0.05, 0) is 45.7 Å². The molecule has 5 nitrogen and oxygen atoms in total. The Balaban J connectivity index is 1.85. The topological polar surface area (TPSA) is 50.4 Å². The van der Waals surface area contributed by atoms with E-state index >= 15 is 0 Å². The second-order valence-corrected chi connectivity index (χ2v) is 4.89. The number of rotatable bonds is 7. The van der Waals surface area contributed by atoms with Gasteiger partial charge < -0.3 is 14.6 Å². The van der Waals surface area contributed by atoms with Gasteiger partial charge in [0, 0.05) is 13.1 Å². The van der Waals surface area contributed by atoms with Crippen molar-refractivity contribution in [3.05, 3.63) is 34.8 Å². The molecular formula is C14H21N3O2. The second-order valence-electron chi connectivity index (χ2n) is 4.89. The molecule has 5 heteroatoms. The van der Waals surface area contributed by atoms with Crippen LogP contribution in [0.15, 0.2) is 33.5 Å². The highest BCUT2D eigenvalue weighted by Crippen LogP contribution is 2.10. The molecule has 0 amide bonds. The molecular weight excluding hydrogens is 242 g/mol. The van der Waals surface area contributed by atoms with Gasteiger partial charge in [0.05, 0.1) is 5.52 Å². The van der Waals surface area contributed by atoms with Crippen molar-refractivity contribution >= 4 is 11.1 Å². The number of nitrogens with zero attached hydrogens (tertiary/aromatic N) is 2. The highest BCUT2D eigenvalue weighted by atomic mass is 16.4. The summed E-state index contributed by atoms with van der Waals surface area (Å²) >= 11 is 0. The van der Waals surface area contributed by atoms with Crippen molar-refractivity contribution in [3.8, 4) is 0 Å². The van der Waals surface area contributed by atoms with Gasteiger partial charge in [-0.2, -0.15) is 0 Å². The molecule has 0 fully saturated rings. The van der Waals surface area contributed by atoms with Crippen LogP contribution in [-0.2, 0) is 6.54 Å². The first kappa shape index (κ1) is 13.8. The van der Waals surface area contributed by atoms with Crippen LogP contribution in [-0.4, -0.2) is 43.2 Å². The maximum atomic E-state index is 11.7. The van der Waals surface area contributed by atoms with Gasteiger partial charge in [-0.25, -0.2) is 4.79 Å². The van der Waals surface area contributed by atoms with E-state index in [1.807, 2.05) is 24.3 Å². The van der Waals surface area contributed by atoms with Crippen LogP contribution in [0.3, 0.4) is 0 Å². The summed E-state index contributed by atoms with van der Waals surface area (Å²) in [5.74, 6) is -0.281. The van der Waals surface area contributed by atoms with Gasteiger partial charge in [0.2, 0.25) is 0 Å². The second kappa shape index (κ2) is 6.54. The first-order valence-corrected chi connectivity index (χ1v) is 6.62. The molecule has 104 valence electrons. The Hall–Kier alpha value is -1.59. The van der Waals surface area contributed by atoms with Crippen molar-refractivity contribution in [2.24, 2.45) is 0 Å². The normalized spacial score (nSPS) is 11.5. The number of hydrogen-bond donors (Lipinski definition) is 1. The summed E-state index contributed by atoms with van der Waals surface area (Å²) in [6.07, 6.45) is 1.11. The zero-order chi connectivity index (χ0) is 13.7. The number of nitrogens with one attached hydrogen (secondary N) is 1. The molecule has 19 heavy (non-hydrogen) atoms. The van der Waals surface area contributed by atoms with Crippen LogP contribution in [0.5, 0.6) is 0 Å². The van der Waals surface area contributed by atoms with Gasteiger partial charge in [-0.1, -0.05) is 12.1 Å². The van der Waals surface area contributed by atoms with Crippen LogP contribution < -0.4 is 11.1 Å². The summed E-state index contributed by atoms with van der Waals surface area (Å²) in [5, 5.41) is 3.34. The molecule has 0 atom stereocenters. The molecule has 1 aromatic carbocycles. The van der Waals surface area contributed by atoms with E-state index in [-0.39, 0.29) is 5.76 Å². The van der Waals surface area contributed by atoms with Crippen LogP contribution >= 0.6 is 0 Å². The standard InChI is InChI=1S/C14H21N3O2/c1-16(2)10-5-8-15-9-11-17-12-6-3-4-7-13(12)19-14(17)18/h3-4,6-7,15H,5,8-11H2,1-2H3. The van der Waals surface area contributed by atoms with Crippen LogP contribution in [0.4, 0.5) is 0 Å². The molecule has 0 unspecified atom stereocenters. The Labute approximate surface area is 112 Å². The van der Waals surface area contributed by atoms with Gasteiger partial charge in [0.1, 0.15) is 0 Å². The fraction of sp³-hybridized carbons (Fsp3) is 0.500. The van der Waals surface area contributed by atoms with Crippen LogP contribution in [0.2, 0.25) is 0 Å². The summed E-state index contributed by atoms with van der Waals surface area (Å²) in [6.45, 7) is 3.44. The fourth-order valence-corrected chi connectivity index (χ4v) is 2.06. The maximum Gasteiger partial charge on any atom is 0.419 e. The molecule has 0 saturated heterocycles. The van der Waals surface area contributed by atoms with E-state index in [1.165, 1.54) is 0 Å². The lowest BCUT2D eigenvalue weighted by Gasteiger charge is -2.09. The molecule has 0 saturated carbocycles. The van der Waals surface area contributed by atoms with Gasteiger partial charge in [0.15, 0.2) is 5.58 Å². The molecule has 2 aromatic rings. The van der Waals surface area contributed by atoms with Crippen molar-refractivity contribution < 1.29 is 4.42 Å². The van der Waals surface area contributed by atoms with E-state index in [4.69, 9.17) is 4.42 Å². The van der Waals surface area contributed by atoms with E-state index in [0.29, 0.717) is 12.1 Å². The summed E-state index contributed by atoms with van der Waals surface area (Å²) in [6, 6.07) is 7.51. The zero-order valence-electron chi connectivity index (χ0n) is 11.6. The van der Waals surface area contributed by atoms with Gasteiger partial charge in [0.25, 0.3) is 0 Å². The van der Waals surface area contributed by atoms with Gasteiger partial charge >= 0.3 is 5.76 Å². The first-order chi connectivity index (χ1) is 9.18. The fourth-order valence-electron chi connectivity index (χ4n) is 2.06. The molecule has 0 bridgehead atoms. The van der Waals surface area contributed by atoms with Gasteiger partial charge in [-0.15, -0.1) is 0 Å². The molecule has 0 aliphatic heterocycles. The summed E-state index contributed by atoms with van der Waals surface area (Å²) in [5.41, 5.74) is 1.52. The Morgan fingerprint density at radius 3 is 2.84 bits per heavy atom. The minimum Gasteiger partial charge on any atom is -0.408 e. The molecule has 0 radical (unpaired) electrons. The van der Waals surface area contributed by atoms with Crippen LogP contribution in [0.25, 0.3) is 11.1 Å². The number of para-hydroxylation sites is 2. The average molecular weight is 263 g/mol. The first-order valence-electron chi connectivity index (χ1n) is 6.62. The monoisotopic (exact) mass is 263 g/mol.